The standard InChI is InChI=1S/C34H29F3N4OS/c1-21-10-14-27(15-11-21)42-28-16-12-25(13-17-28)41-32(31(39-33(41)43)30-9-4-5-18-38-30)29-19-22(2)40(23(29)3)26-8-6-7-24(20-26)34(35,36)37/h4-20,31-32H,1-3H3,(H,39,43)/t31-,32-/m0/s1. The molecule has 0 saturated carbocycles. The van der Waals surface area contributed by atoms with Gasteiger partial charge in [-0.3, -0.25) is 4.98 Å². The lowest BCUT2D eigenvalue weighted by atomic mass is 9.96. The smallest absolute Gasteiger partial charge is 0.416 e. The number of benzene rings is 3. The van der Waals surface area contributed by atoms with E-state index in [2.05, 4.69) is 10.3 Å². The molecule has 0 unspecified atom stereocenters. The molecule has 0 radical (unpaired) electrons. The number of alkyl halides is 3. The number of nitrogens with zero attached hydrogens (tertiary/aromatic N) is 3. The maximum Gasteiger partial charge on any atom is 0.416 e. The van der Waals surface area contributed by atoms with Gasteiger partial charge in [-0.05, 0) is 111 Å². The predicted octanol–water partition coefficient (Wildman–Crippen LogP) is 8.79. The molecule has 218 valence electrons. The second kappa shape index (κ2) is 11.2. The number of aryl methyl sites for hydroxylation is 2. The van der Waals surface area contributed by atoms with Crippen molar-refractivity contribution in [3.05, 3.63) is 137 Å². The van der Waals surface area contributed by atoms with E-state index in [1.165, 1.54) is 12.1 Å². The Morgan fingerprint density at radius 1 is 0.814 bits per heavy atom. The predicted molar refractivity (Wildman–Crippen MR) is 166 cm³/mol. The minimum atomic E-state index is -4.44. The normalized spacial score (nSPS) is 16.8. The lowest BCUT2D eigenvalue weighted by Crippen LogP contribution is -2.29. The summed E-state index contributed by atoms with van der Waals surface area (Å²) >= 11 is 5.88. The van der Waals surface area contributed by atoms with Crippen LogP contribution >= 0.6 is 12.2 Å². The minimum absolute atomic E-state index is 0.298. The van der Waals surface area contributed by atoms with Gasteiger partial charge in [-0.15, -0.1) is 0 Å². The molecule has 2 aromatic heterocycles. The Balaban J connectivity index is 1.41. The molecule has 2 atom stereocenters. The maximum absolute atomic E-state index is 13.6. The minimum Gasteiger partial charge on any atom is -0.457 e. The first-order chi connectivity index (χ1) is 20.6. The van der Waals surface area contributed by atoms with E-state index in [1.807, 2.05) is 103 Å². The Morgan fingerprint density at radius 2 is 1.51 bits per heavy atom. The van der Waals surface area contributed by atoms with Gasteiger partial charge in [-0.1, -0.05) is 29.8 Å². The van der Waals surface area contributed by atoms with Gasteiger partial charge in [0.15, 0.2) is 5.11 Å². The summed E-state index contributed by atoms with van der Waals surface area (Å²) in [6.45, 7) is 5.85. The van der Waals surface area contributed by atoms with Crippen molar-refractivity contribution in [1.82, 2.24) is 14.9 Å². The maximum atomic E-state index is 13.6. The Hall–Kier alpha value is -4.63. The van der Waals surface area contributed by atoms with Crippen LogP contribution in [-0.4, -0.2) is 14.7 Å². The number of halogens is 3. The van der Waals surface area contributed by atoms with Crippen molar-refractivity contribution in [3.8, 4) is 17.2 Å². The van der Waals surface area contributed by atoms with Crippen LogP contribution in [0.5, 0.6) is 11.5 Å². The van der Waals surface area contributed by atoms with Gasteiger partial charge in [0.1, 0.15) is 11.5 Å². The monoisotopic (exact) mass is 598 g/mol. The van der Waals surface area contributed by atoms with Crippen LogP contribution in [0.4, 0.5) is 18.9 Å². The third kappa shape index (κ3) is 5.60. The number of ether oxygens (including phenoxy) is 1. The zero-order chi connectivity index (χ0) is 30.3. The molecule has 0 aliphatic carbocycles. The summed E-state index contributed by atoms with van der Waals surface area (Å²) in [7, 11) is 0. The van der Waals surface area contributed by atoms with Crippen molar-refractivity contribution in [3.63, 3.8) is 0 Å². The van der Waals surface area contributed by atoms with Gasteiger partial charge in [-0.25, -0.2) is 0 Å². The molecular formula is C34H29F3N4OS. The van der Waals surface area contributed by atoms with Crippen molar-refractivity contribution in [2.24, 2.45) is 0 Å². The third-order valence-corrected chi connectivity index (χ3v) is 8.00. The molecule has 9 heteroatoms. The Bertz CT molecular complexity index is 1770. The summed E-state index contributed by atoms with van der Waals surface area (Å²) < 4.78 is 48.6. The molecule has 1 saturated heterocycles. The second-order valence-electron chi connectivity index (χ2n) is 10.6. The molecule has 6 rings (SSSR count). The highest BCUT2D eigenvalue weighted by molar-refractivity contribution is 7.80. The lowest BCUT2D eigenvalue weighted by Gasteiger charge is -2.28. The number of pyridine rings is 1. The molecule has 0 bridgehead atoms. The largest absolute Gasteiger partial charge is 0.457 e. The topological polar surface area (TPSA) is 42.3 Å². The van der Waals surface area contributed by atoms with E-state index >= 15 is 0 Å². The van der Waals surface area contributed by atoms with Crippen LogP contribution in [0.15, 0.2) is 103 Å². The van der Waals surface area contributed by atoms with Crippen molar-refractivity contribution in [2.45, 2.75) is 39.0 Å². The quantitative estimate of drug-likeness (QED) is 0.198. The van der Waals surface area contributed by atoms with Gasteiger partial charge in [0.05, 0.1) is 23.3 Å². The van der Waals surface area contributed by atoms with Gasteiger partial charge in [0.25, 0.3) is 0 Å². The molecule has 3 aromatic carbocycles. The molecule has 1 aliphatic heterocycles. The van der Waals surface area contributed by atoms with Gasteiger partial charge in [-0.2, -0.15) is 13.2 Å². The van der Waals surface area contributed by atoms with Crippen LogP contribution in [0.2, 0.25) is 0 Å². The highest BCUT2D eigenvalue weighted by Crippen LogP contribution is 2.44. The van der Waals surface area contributed by atoms with E-state index < -0.39 is 11.7 Å². The highest BCUT2D eigenvalue weighted by Gasteiger charge is 2.42. The van der Waals surface area contributed by atoms with E-state index in [0.29, 0.717) is 16.5 Å². The van der Waals surface area contributed by atoms with E-state index in [0.717, 1.165) is 45.7 Å². The van der Waals surface area contributed by atoms with E-state index in [4.69, 9.17) is 17.0 Å². The molecule has 5 aromatic rings. The van der Waals surface area contributed by atoms with Crippen molar-refractivity contribution >= 4 is 23.0 Å². The van der Waals surface area contributed by atoms with Crippen molar-refractivity contribution < 1.29 is 17.9 Å². The highest BCUT2D eigenvalue weighted by atomic mass is 32.1. The number of thiocarbonyl (C=S) groups is 1. The summed E-state index contributed by atoms with van der Waals surface area (Å²) in [6.07, 6.45) is -2.70. The first kappa shape index (κ1) is 28.5. The fraction of sp³-hybridized carbons (Fsp3) is 0.176. The summed E-state index contributed by atoms with van der Waals surface area (Å²) in [5.74, 6) is 1.43. The number of aromatic nitrogens is 2. The van der Waals surface area contributed by atoms with Crippen molar-refractivity contribution in [2.75, 3.05) is 4.90 Å². The van der Waals surface area contributed by atoms with Crippen LogP contribution in [0, 0.1) is 20.8 Å². The zero-order valence-corrected chi connectivity index (χ0v) is 24.6. The number of hydrogen-bond acceptors (Lipinski definition) is 3. The average molecular weight is 599 g/mol. The number of hydrogen-bond donors (Lipinski definition) is 1. The van der Waals surface area contributed by atoms with Gasteiger partial charge in [0, 0.05) is 29.0 Å². The summed E-state index contributed by atoms with van der Waals surface area (Å²) in [5, 5.41) is 3.98. The second-order valence-corrected chi connectivity index (χ2v) is 11.0. The summed E-state index contributed by atoms with van der Waals surface area (Å²) in [6, 6.07) is 28.1. The van der Waals surface area contributed by atoms with Gasteiger partial charge in [0.2, 0.25) is 0 Å². The molecule has 1 fully saturated rings. The third-order valence-electron chi connectivity index (χ3n) is 7.69. The van der Waals surface area contributed by atoms with Crippen LogP contribution in [-0.2, 0) is 6.18 Å². The first-order valence-corrected chi connectivity index (χ1v) is 14.2. The fourth-order valence-corrected chi connectivity index (χ4v) is 6.02. The number of nitrogens with one attached hydrogen (secondary N) is 1. The van der Waals surface area contributed by atoms with Gasteiger partial charge >= 0.3 is 6.18 Å². The van der Waals surface area contributed by atoms with E-state index in [1.54, 1.807) is 12.3 Å². The Kier molecular flexibility index (Phi) is 7.43. The van der Waals surface area contributed by atoms with Crippen LogP contribution < -0.4 is 15.0 Å². The molecule has 5 nitrogen and oxygen atoms in total. The van der Waals surface area contributed by atoms with E-state index in [9.17, 15) is 13.2 Å². The molecule has 1 N–H and O–H groups in total. The average Bonchev–Trinajstić information content (AvgIpc) is 3.49. The van der Waals surface area contributed by atoms with Crippen LogP contribution in [0.25, 0.3) is 5.69 Å². The Morgan fingerprint density at radius 3 is 2.16 bits per heavy atom. The fourth-order valence-electron chi connectivity index (χ4n) is 5.67. The number of anilines is 1. The van der Waals surface area contributed by atoms with E-state index in [-0.39, 0.29) is 12.1 Å². The zero-order valence-electron chi connectivity index (χ0n) is 23.8. The van der Waals surface area contributed by atoms with Gasteiger partial charge < -0.3 is 19.5 Å². The van der Waals surface area contributed by atoms with Crippen LogP contribution in [0.1, 0.15) is 45.9 Å². The molecule has 3 heterocycles. The summed E-state index contributed by atoms with van der Waals surface area (Å²) in [5.41, 5.74) is 5.12. The van der Waals surface area contributed by atoms with Crippen LogP contribution in [0.3, 0.4) is 0 Å². The molecule has 43 heavy (non-hydrogen) atoms. The molecule has 0 amide bonds. The number of rotatable bonds is 6. The molecular weight excluding hydrogens is 569 g/mol. The lowest BCUT2D eigenvalue weighted by molar-refractivity contribution is -0.137. The SMILES string of the molecule is Cc1ccc(Oc2ccc(N3C(=S)N[C@@H](c4ccccn4)[C@@H]3c3cc(C)n(-c4cccc(C(F)(F)F)c4)c3C)cc2)cc1. The Labute approximate surface area is 253 Å². The first-order valence-electron chi connectivity index (χ1n) is 13.8. The molecule has 1 aliphatic rings. The molecule has 0 spiro atoms. The van der Waals surface area contributed by atoms with Crippen molar-refractivity contribution in [1.29, 1.82) is 0 Å². The summed E-state index contributed by atoms with van der Waals surface area (Å²) in [4.78, 5) is 6.67.